The average Bonchev–Trinajstić information content (AvgIpc) is 3.12. The SMILES string of the molecule is CCN(C(=O)C12CC3CC(CC(C3)C1)C2)c1nnc(-c2cccnc2)s1. The number of hydrogen-bond donors (Lipinski definition) is 0. The van der Waals surface area contributed by atoms with E-state index < -0.39 is 0 Å². The monoisotopic (exact) mass is 368 g/mol. The Morgan fingerprint density at radius 3 is 2.46 bits per heavy atom. The van der Waals surface area contributed by atoms with Crippen molar-refractivity contribution in [2.24, 2.45) is 23.2 Å². The van der Waals surface area contributed by atoms with Gasteiger partial charge in [0.1, 0.15) is 0 Å². The van der Waals surface area contributed by atoms with E-state index in [0.29, 0.717) is 12.5 Å². The van der Waals surface area contributed by atoms with Crippen LogP contribution in [0.5, 0.6) is 0 Å². The van der Waals surface area contributed by atoms with Crippen LogP contribution in [0.15, 0.2) is 24.5 Å². The molecule has 2 heterocycles. The molecule has 0 atom stereocenters. The van der Waals surface area contributed by atoms with Gasteiger partial charge in [0.25, 0.3) is 0 Å². The summed E-state index contributed by atoms with van der Waals surface area (Å²) in [6.45, 7) is 2.70. The highest BCUT2D eigenvalue weighted by Crippen LogP contribution is 2.60. The lowest BCUT2D eigenvalue weighted by Crippen LogP contribution is -2.54. The van der Waals surface area contributed by atoms with Gasteiger partial charge >= 0.3 is 0 Å². The van der Waals surface area contributed by atoms with E-state index in [9.17, 15) is 4.79 Å². The van der Waals surface area contributed by atoms with Gasteiger partial charge in [-0.05, 0) is 75.3 Å². The molecule has 6 rings (SSSR count). The summed E-state index contributed by atoms with van der Waals surface area (Å²) in [5.41, 5.74) is 0.819. The molecule has 0 unspecified atom stereocenters. The summed E-state index contributed by atoms with van der Waals surface area (Å²) < 4.78 is 0. The topological polar surface area (TPSA) is 59.0 Å². The molecule has 2 aromatic heterocycles. The first-order chi connectivity index (χ1) is 12.7. The third kappa shape index (κ3) is 2.57. The molecule has 4 aliphatic rings. The van der Waals surface area contributed by atoms with Crippen molar-refractivity contribution in [1.29, 1.82) is 0 Å². The van der Waals surface area contributed by atoms with Gasteiger partial charge in [0.15, 0.2) is 5.01 Å². The Hall–Kier alpha value is -1.82. The summed E-state index contributed by atoms with van der Waals surface area (Å²) in [5, 5.41) is 10.2. The molecular formula is C20H24N4OS. The van der Waals surface area contributed by atoms with Crippen molar-refractivity contribution < 1.29 is 4.79 Å². The van der Waals surface area contributed by atoms with Crippen LogP contribution in [0.4, 0.5) is 5.13 Å². The molecule has 6 heteroatoms. The molecule has 136 valence electrons. The largest absolute Gasteiger partial charge is 0.286 e. The Labute approximate surface area is 157 Å². The first-order valence-corrected chi connectivity index (χ1v) is 10.5. The van der Waals surface area contributed by atoms with Gasteiger partial charge in [0.2, 0.25) is 11.0 Å². The molecule has 4 fully saturated rings. The molecule has 2 aromatic rings. The molecule has 1 amide bonds. The molecule has 4 saturated carbocycles. The number of pyridine rings is 1. The van der Waals surface area contributed by atoms with Crippen LogP contribution in [-0.4, -0.2) is 27.6 Å². The molecule has 0 radical (unpaired) electrons. The van der Waals surface area contributed by atoms with Crippen molar-refractivity contribution in [3.63, 3.8) is 0 Å². The lowest BCUT2D eigenvalue weighted by atomic mass is 9.49. The van der Waals surface area contributed by atoms with Crippen molar-refractivity contribution in [2.75, 3.05) is 11.4 Å². The lowest BCUT2D eigenvalue weighted by molar-refractivity contribution is -0.143. The second kappa shape index (κ2) is 6.12. The second-order valence-electron chi connectivity index (χ2n) is 8.38. The quantitative estimate of drug-likeness (QED) is 0.813. The van der Waals surface area contributed by atoms with E-state index in [4.69, 9.17) is 0 Å². The third-order valence-corrected chi connectivity index (χ3v) is 7.60. The summed E-state index contributed by atoms with van der Waals surface area (Å²) >= 11 is 1.49. The first-order valence-electron chi connectivity index (χ1n) is 9.73. The van der Waals surface area contributed by atoms with Gasteiger partial charge in [0.05, 0.1) is 5.41 Å². The Morgan fingerprint density at radius 2 is 1.88 bits per heavy atom. The number of carbonyl (C=O) groups excluding carboxylic acids is 1. The van der Waals surface area contributed by atoms with Gasteiger partial charge in [-0.25, -0.2) is 0 Å². The first kappa shape index (κ1) is 16.4. The molecule has 5 nitrogen and oxygen atoms in total. The third-order valence-electron chi connectivity index (χ3n) is 6.61. The fraction of sp³-hybridized carbons (Fsp3) is 0.600. The van der Waals surface area contributed by atoms with Crippen LogP contribution in [0.25, 0.3) is 10.6 Å². The summed E-state index contributed by atoms with van der Waals surface area (Å²) in [4.78, 5) is 19.7. The van der Waals surface area contributed by atoms with Gasteiger partial charge in [0, 0.05) is 24.5 Å². The number of anilines is 1. The maximum absolute atomic E-state index is 13.6. The number of carbonyl (C=O) groups is 1. The van der Waals surface area contributed by atoms with Gasteiger partial charge in [-0.1, -0.05) is 11.3 Å². The van der Waals surface area contributed by atoms with Gasteiger partial charge < -0.3 is 0 Å². The second-order valence-corrected chi connectivity index (χ2v) is 9.33. The zero-order valence-corrected chi connectivity index (χ0v) is 15.9. The number of rotatable bonds is 4. The number of amides is 1. The zero-order chi connectivity index (χ0) is 17.7. The van der Waals surface area contributed by atoms with E-state index in [2.05, 4.69) is 15.2 Å². The fourth-order valence-electron chi connectivity index (χ4n) is 5.96. The van der Waals surface area contributed by atoms with E-state index in [1.807, 2.05) is 24.0 Å². The smallest absolute Gasteiger partial charge is 0.235 e. The summed E-state index contributed by atoms with van der Waals surface area (Å²) in [5.74, 6) is 2.60. The zero-order valence-electron chi connectivity index (χ0n) is 15.1. The van der Waals surface area contributed by atoms with E-state index >= 15 is 0 Å². The molecule has 4 aliphatic carbocycles. The normalized spacial score (nSPS) is 32.0. The number of hydrogen-bond acceptors (Lipinski definition) is 5. The lowest BCUT2D eigenvalue weighted by Gasteiger charge is -2.56. The highest BCUT2D eigenvalue weighted by atomic mass is 32.1. The summed E-state index contributed by atoms with van der Waals surface area (Å²) in [7, 11) is 0. The number of aromatic nitrogens is 3. The highest BCUT2D eigenvalue weighted by Gasteiger charge is 2.55. The van der Waals surface area contributed by atoms with Crippen LogP contribution in [0.2, 0.25) is 0 Å². The van der Waals surface area contributed by atoms with Crippen LogP contribution in [0.1, 0.15) is 45.4 Å². The van der Waals surface area contributed by atoms with Gasteiger partial charge in [-0.15, -0.1) is 10.2 Å². The molecule has 0 N–H and O–H groups in total. The molecule has 0 aromatic carbocycles. The fourth-order valence-corrected chi connectivity index (χ4v) is 6.85. The molecule has 4 bridgehead atoms. The van der Waals surface area contributed by atoms with E-state index in [-0.39, 0.29) is 5.41 Å². The van der Waals surface area contributed by atoms with Gasteiger partial charge in [-0.3, -0.25) is 14.7 Å². The van der Waals surface area contributed by atoms with Crippen molar-refractivity contribution >= 4 is 22.4 Å². The highest BCUT2D eigenvalue weighted by molar-refractivity contribution is 7.18. The number of nitrogens with zero attached hydrogens (tertiary/aromatic N) is 4. The summed E-state index contributed by atoms with van der Waals surface area (Å²) in [6.07, 6.45) is 10.9. The van der Waals surface area contributed by atoms with E-state index in [1.54, 1.807) is 12.4 Å². The minimum atomic E-state index is -0.134. The van der Waals surface area contributed by atoms with Crippen LogP contribution in [0, 0.1) is 23.2 Å². The Morgan fingerprint density at radius 1 is 1.19 bits per heavy atom. The van der Waals surface area contributed by atoms with Crippen molar-refractivity contribution in [2.45, 2.75) is 45.4 Å². The van der Waals surface area contributed by atoms with Gasteiger partial charge in [-0.2, -0.15) is 0 Å². The van der Waals surface area contributed by atoms with Crippen LogP contribution in [-0.2, 0) is 4.79 Å². The van der Waals surface area contributed by atoms with Crippen LogP contribution >= 0.6 is 11.3 Å². The standard InChI is InChI=1S/C20H24N4OS/c1-2-24(19-23-22-17(26-19)16-4-3-5-21-12-16)18(25)20-9-13-6-14(10-20)8-15(7-13)11-20/h3-5,12-15H,2,6-11H2,1H3. The maximum Gasteiger partial charge on any atom is 0.235 e. The molecule has 26 heavy (non-hydrogen) atoms. The predicted octanol–water partition coefficient (Wildman–Crippen LogP) is 4.17. The minimum absolute atomic E-state index is 0.134. The van der Waals surface area contributed by atoms with Crippen LogP contribution < -0.4 is 4.90 Å². The Kier molecular flexibility index (Phi) is 3.85. The van der Waals surface area contributed by atoms with E-state index in [0.717, 1.165) is 52.7 Å². The van der Waals surface area contributed by atoms with Crippen LogP contribution in [0.3, 0.4) is 0 Å². The van der Waals surface area contributed by atoms with Crippen molar-refractivity contribution in [3.8, 4) is 10.6 Å². The van der Waals surface area contributed by atoms with Crippen molar-refractivity contribution in [3.05, 3.63) is 24.5 Å². The molecule has 0 saturated heterocycles. The van der Waals surface area contributed by atoms with Crippen molar-refractivity contribution in [1.82, 2.24) is 15.2 Å². The van der Waals surface area contributed by atoms with E-state index in [1.165, 1.54) is 30.6 Å². The average molecular weight is 369 g/mol. The minimum Gasteiger partial charge on any atom is -0.286 e. The maximum atomic E-state index is 13.6. The predicted molar refractivity (Wildman–Crippen MR) is 102 cm³/mol. The molecular weight excluding hydrogens is 344 g/mol. The Balaban J connectivity index is 1.43. The summed E-state index contributed by atoms with van der Waals surface area (Å²) in [6, 6.07) is 3.88. The molecule has 0 spiro atoms. The molecule has 0 aliphatic heterocycles. The Bertz CT molecular complexity index is 783.